The molecule has 72 heavy (non-hydrogen) atoms. The summed E-state index contributed by atoms with van der Waals surface area (Å²) < 4.78 is 59.3. The van der Waals surface area contributed by atoms with E-state index in [9.17, 15) is 33.1 Å². The molecule has 0 bridgehead atoms. The fraction of sp³-hybridized carbons (Fsp3) is 0.644. The number of hydrogen-bond acceptors (Lipinski definition) is 11. The van der Waals surface area contributed by atoms with Crippen molar-refractivity contribution in [2.24, 2.45) is 0 Å². The van der Waals surface area contributed by atoms with Crippen molar-refractivity contribution in [1.29, 1.82) is 0 Å². The number of aliphatic hydroxyl groups is 3. The van der Waals surface area contributed by atoms with Crippen LogP contribution in [0.25, 0.3) is 0 Å². The molecule has 6 atom stereocenters. The Bertz CT molecular complexity index is 1710. The zero-order chi connectivity index (χ0) is 52.4. The lowest BCUT2D eigenvalue weighted by molar-refractivity contribution is -0.301. The third kappa shape index (κ3) is 40.9. The lowest BCUT2D eigenvalue weighted by atomic mass is 9.99. The Hall–Kier alpha value is -3.50. The molecule has 1 aliphatic rings. The van der Waals surface area contributed by atoms with E-state index in [1.165, 1.54) is 38.5 Å². The summed E-state index contributed by atoms with van der Waals surface area (Å²) in [7, 11) is -5.08. The summed E-state index contributed by atoms with van der Waals surface area (Å²) in [6, 6.07) is 0. The van der Waals surface area contributed by atoms with Crippen LogP contribution in [0.15, 0.2) is 122 Å². The largest absolute Gasteiger partial charge is 0.457 e. The van der Waals surface area contributed by atoms with Crippen molar-refractivity contribution in [3.05, 3.63) is 122 Å². The van der Waals surface area contributed by atoms with E-state index in [2.05, 4.69) is 140 Å². The number of esters is 1. The second kappa shape index (κ2) is 48.4. The Labute approximate surface area is 436 Å². The Morgan fingerprint density at radius 2 is 0.958 bits per heavy atom. The first kappa shape index (κ1) is 66.5. The van der Waals surface area contributed by atoms with Gasteiger partial charge in [-0.15, -0.1) is 0 Å². The van der Waals surface area contributed by atoms with E-state index in [0.29, 0.717) is 13.0 Å². The predicted octanol–water partition coefficient (Wildman–Crippen LogP) is 13.3. The third-order valence-electron chi connectivity index (χ3n) is 11.6. The summed E-state index contributed by atoms with van der Waals surface area (Å²) in [4.78, 5) is 12.9. The quantitative estimate of drug-likeness (QED) is 0.0197. The van der Waals surface area contributed by atoms with Gasteiger partial charge in [0.15, 0.2) is 6.29 Å². The first-order valence-electron chi connectivity index (χ1n) is 27.3. The second-order valence-corrected chi connectivity index (χ2v) is 19.1. The molecule has 6 unspecified atom stereocenters. The summed E-state index contributed by atoms with van der Waals surface area (Å²) in [5.74, 6) is -0.432. The molecule has 0 aromatic rings. The minimum Gasteiger partial charge on any atom is -0.457 e. The van der Waals surface area contributed by atoms with Crippen LogP contribution in [-0.4, -0.2) is 97.5 Å². The van der Waals surface area contributed by atoms with Crippen molar-refractivity contribution in [3.63, 3.8) is 0 Å². The maximum atomic E-state index is 12.9. The molecule has 0 aliphatic carbocycles. The van der Waals surface area contributed by atoms with Gasteiger partial charge in [-0.2, -0.15) is 8.42 Å². The van der Waals surface area contributed by atoms with E-state index in [4.69, 9.17) is 18.9 Å². The standard InChI is InChI=1S/C59H96O12S/c1-3-5-7-9-11-13-15-17-19-21-23-25-26-27-29-31-33-35-37-39-41-43-45-47-49-67-51-53(52-68-59-57(63)58(71-72(64,65)66)56(62)54(50-60)70-59)69-55(61)48-46-44-42-40-38-36-34-32-30-28-24-22-20-18-16-14-12-10-8-6-4-2/h5,7,11,13,16-19,22-25,27,29-30,32-33,35,39,41,53-54,56-60,62-63H,3-4,6,8-10,12,14-15,20-21,26,28,31,34,36-38,40,42-52H2,1-2H3,(H,64,65,66)/b7-5-,13-11-,18-16-,19-17-,24-22-,25-23-,29-27-,32-30-,35-33-,41-39-. The summed E-state index contributed by atoms with van der Waals surface area (Å²) in [6.07, 6.45) is 60.9. The van der Waals surface area contributed by atoms with Crippen molar-refractivity contribution in [3.8, 4) is 0 Å². The molecule has 410 valence electrons. The van der Waals surface area contributed by atoms with Crippen molar-refractivity contribution < 1.29 is 56.2 Å². The van der Waals surface area contributed by atoms with E-state index in [1.54, 1.807) is 0 Å². The molecule has 0 radical (unpaired) electrons. The SMILES string of the molecule is CC/C=C\C/C=C\C/C=C\C/C=C\C/C=C\C/C=C\C/C=C\CCCCOCC(COC1OC(CO)C(O)C(OS(=O)(=O)O)C1O)OC(=O)CCCCCCCC/C=C\C/C=C\C/C=C\CCCCCCC. The second-order valence-electron chi connectivity index (χ2n) is 18.1. The third-order valence-corrected chi connectivity index (χ3v) is 12.0. The number of carbonyl (C=O) groups is 1. The first-order chi connectivity index (χ1) is 35.1. The molecule has 0 saturated carbocycles. The molecule has 13 heteroatoms. The van der Waals surface area contributed by atoms with E-state index in [0.717, 1.165) is 116 Å². The van der Waals surface area contributed by atoms with Gasteiger partial charge in [0.1, 0.15) is 30.5 Å². The van der Waals surface area contributed by atoms with Gasteiger partial charge in [-0.05, 0) is 109 Å². The minimum atomic E-state index is -5.08. The highest BCUT2D eigenvalue weighted by molar-refractivity contribution is 7.80. The van der Waals surface area contributed by atoms with Crippen LogP contribution in [0.3, 0.4) is 0 Å². The molecule has 0 aromatic carbocycles. The van der Waals surface area contributed by atoms with Crippen LogP contribution in [0.5, 0.6) is 0 Å². The highest BCUT2D eigenvalue weighted by Gasteiger charge is 2.48. The van der Waals surface area contributed by atoms with E-state index < -0.39 is 59.8 Å². The van der Waals surface area contributed by atoms with E-state index in [-0.39, 0.29) is 19.6 Å². The van der Waals surface area contributed by atoms with Crippen LogP contribution in [0.4, 0.5) is 0 Å². The Morgan fingerprint density at radius 1 is 0.542 bits per heavy atom. The maximum absolute atomic E-state index is 12.9. The maximum Gasteiger partial charge on any atom is 0.397 e. The average Bonchev–Trinajstić information content (AvgIpc) is 3.36. The molecular weight excluding hydrogens is 933 g/mol. The van der Waals surface area contributed by atoms with Crippen LogP contribution in [-0.2, 0) is 38.3 Å². The Balaban J connectivity index is 2.41. The summed E-state index contributed by atoms with van der Waals surface area (Å²) in [5, 5.41) is 30.8. The smallest absolute Gasteiger partial charge is 0.397 e. The molecule has 1 rings (SSSR count). The van der Waals surface area contributed by atoms with Gasteiger partial charge in [0, 0.05) is 13.0 Å². The average molecular weight is 1030 g/mol. The molecule has 1 heterocycles. The van der Waals surface area contributed by atoms with Gasteiger partial charge in [-0.1, -0.05) is 187 Å². The lowest BCUT2D eigenvalue weighted by Crippen LogP contribution is -2.60. The molecule has 1 saturated heterocycles. The van der Waals surface area contributed by atoms with Crippen LogP contribution >= 0.6 is 0 Å². The monoisotopic (exact) mass is 1030 g/mol. The van der Waals surface area contributed by atoms with Gasteiger partial charge in [0.2, 0.25) is 0 Å². The number of unbranched alkanes of at least 4 members (excludes halogenated alkanes) is 13. The van der Waals surface area contributed by atoms with Crippen molar-refractivity contribution >= 4 is 16.4 Å². The topological polar surface area (TPSA) is 178 Å². The van der Waals surface area contributed by atoms with Crippen molar-refractivity contribution in [2.45, 2.75) is 218 Å². The number of rotatable bonds is 46. The molecular formula is C59H96O12S. The highest BCUT2D eigenvalue weighted by Crippen LogP contribution is 2.26. The number of allylic oxidation sites excluding steroid dienone is 20. The van der Waals surface area contributed by atoms with Gasteiger partial charge in [0.05, 0.1) is 19.8 Å². The van der Waals surface area contributed by atoms with Gasteiger partial charge in [-0.3, -0.25) is 9.35 Å². The van der Waals surface area contributed by atoms with Crippen molar-refractivity contribution in [2.75, 3.05) is 26.4 Å². The summed E-state index contributed by atoms with van der Waals surface area (Å²) in [5.41, 5.74) is 0. The van der Waals surface area contributed by atoms with Gasteiger partial charge < -0.3 is 34.3 Å². The van der Waals surface area contributed by atoms with Crippen LogP contribution < -0.4 is 0 Å². The fourth-order valence-electron chi connectivity index (χ4n) is 7.48. The number of hydrogen-bond donors (Lipinski definition) is 4. The predicted molar refractivity (Wildman–Crippen MR) is 294 cm³/mol. The van der Waals surface area contributed by atoms with Crippen LogP contribution in [0.1, 0.15) is 181 Å². The van der Waals surface area contributed by atoms with Gasteiger partial charge in [0.25, 0.3) is 0 Å². The van der Waals surface area contributed by atoms with E-state index >= 15 is 0 Å². The Kier molecular flexibility index (Phi) is 44.7. The number of ether oxygens (including phenoxy) is 4. The van der Waals surface area contributed by atoms with Crippen LogP contribution in [0, 0.1) is 0 Å². The van der Waals surface area contributed by atoms with Gasteiger partial charge >= 0.3 is 16.4 Å². The fourth-order valence-corrected chi connectivity index (χ4v) is 7.99. The zero-order valence-electron chi connectivity index (χ0n) is 44.2. The summed E-state index contributed by atoms with van der Waals surface area (Å²) in [6.45, 7) is 3.72. The van der Waals surface area contributed by atoms with E-state index in [1.807, 2.05) is 0 Å². The highest BCUT2D eigenvalue weighted by atomic mass is 32.3. The zero-order valence-corrected chi connectivity index (χ0v) is 45.0. The number of carbonyl (C=O) groups excluding carboxylic acids is 1. The van der Waals surface area contributed by atoms with Crippen molar-refractivity contribution in [1.82, 2.24) is 0 Å². The Morgan fingerprint density at radius 3 is 1.40 bits per heavy atom. The lowest BCUT2D eigenvalue weighted by Gasteiger charge is -2.41. The van der Waals surface area contributed by atoms with Crippen LogP contribution in [0.2, 0.25) is 0 Å². The molecule has 1 fully saturated rings. The first-order valence-corrected chi connectivity index (χ1v) is 28.7. The molecule has 12 nitrogen and oxygen atoms in total. The molecule has 0 spiro atoms. The number of aliphatic hydroxyl groups excluding tert-OH is 3. The van der Waals surface area contributed by atoms with Gasteiger partial charge in [-0.25, -0.2) is 4.18 Å². The molecule has 4 N–H and O–H groups in total. The molecule has 1 aliphatic heterocycles. The summed E-state index contributed by atoms with van der Waals surface area (Å²) >= 11 is 0. The minimum absolute atomic E-state index is 0.00847. The molecule has 0 aromatic heterocycles. The molecule has 0 amide bonds. The normalized spacial score (nSPS) is 19.9.